The maximum atomic E-state index is 13.3. The molecule has 1 aromatic carbocycles. The highest BCUT2D eigenvalue weighted by Gasteiger charge is 2.30. The molecule has 0 bridgehead atoms. The van der Waals surface area contributed by atoms with Crippen molar-refractivity contribution in [1.82, 2.24) is 9.97 Å². The molecule has 1 unspecified atom stereocenters. The molecule has 1 atom stereocenters. The van der Waals surface area contributed by atoms with Crippen LogP contribution in [0.5, 0.6) is 0 Å². The predicted molar refractivity (Wildman–Crippen MR) is 107 cm³/mol. The van der Waals surface area contributed by atoms with Crippen molar-refractivity contribution in [1.29, 1.82) is 0 Å². The van der Waals surface area contributed by atoms with Crippen molar-refractivity contribution in [2.75, 3.05) is 30.3 Å². The first-order chi connectivity index (χ1) is 13.5. The second-order valence-electron chi connectivity index (χ2n) is 6.90. The summed E-state index contributed by atoms with van der Waals surface area (Å²) in [5, 5.41) is 0.316. The first-order valence-electron chi connectivity index (χ1n) is 9.42. The summed E-state index contributed by atoms with van der Waals surface area (Å²) in [6, 6.07) is 8.10. The maximum Gasteiger partial charge on any atom is 0.306 e. The van der Waals surface area contributed by atoms with E-state index in [0.29, 0.717) is 17.6 Å². The van der Waals surface area contributed by atoms with E-state index in [-0.39, 0.29) is 36.0 Å². The number of carbonyl (C=O) groups excluding carboxylic acids is 1. The Hall–Kier alpha value is -2.41. The molecule has 2 N–H and O–H groups in total. The summed E-state index contributed by atoms with van der Waals surface area (Å²) >= 11 is 5.99. The van der Waals surface area contributed by atoms with Crippen LogP contribution in [0.4, 0.5) is 16.2 Å². The van der Waals surface area contributed by atoms with Crippen LogP contribution in [0.2, 0.25) is 5.15 Å². The molecule has 0 spiro atoms. The molecule has 2 heterocycles. The minimum atomic E-state index is -0.285. The van der Waals surface area contributed by atoms with Gasteiger partial charge in [0.1, 0.15) is 16.8 Å². The number of nitrogens with two attached hydrogens (primary N) is 1. The van der Waals surface area contributed by atoms with Crippen LogP contribution < -0.4 is 10.6 Å². The number of ether oxygens (including phenoxy) is 1. The summed E-state index contributed by atoms with van der Waals surface area (Å²) < 4.78 is 18.5. The van der Waals surface area contributed by atoms with E-state index in [1.165, 1.54) is 12.1 Å². The molecule has 0 amide bonds. The predicted octanol–water partition coefficient (Wildman–Crippen LogP) is 3.80. The number of nitrogens with zero attached hydrogens (tertiary/aromatic N) is 3. The SMILES string of the molecule is CCOC(=O)CC(c1ccc(F)cc1)C1CCN(c2cc(Cl)nc(N)n2)CC1. The number of halogens is 2. The Morgan fingerprint density at radius 3 is 2.61 bits per heavy atom. The quantitative estimate of drug-likeness (QED) is 0.580. The number of esters is 1. The number of carbonyl (C=O) groups is 1. The van der Waals surface area contributed by atoms with Crippen molar-refractivity contribution >= 4 is 29.3 Å². The Bertz CT molecular complexity index is 790. The summed E-state index contributed by atoms with van der Waals surface area (Å²) in [4.78, 5) is 22.4. The third-order valence-electron chi connectivity index (χ3n) is 5.12. The molecule has 1 aromatic heterocycles. The van der Waals surface area contributed by atoms with E-state index in [1.807, 2.05) is 0 Å². The van der Waals surface area contributed by atoms with Gasteiger partial charge in [-0.15, -0.1) is 0 Å². The van der Waals surface area contributed by atoms with Gasteiger partial charge < -0.3 is 15.4 Å². The number of nitrogen functional groups attached to an aromatic ring is 1. The Labute approximate surface area is 168 Å². The maximum absolute atomic E-state index is 13.3. The lowest BCUT2D eigenvalue weighted by molar-refractivity contribution is -0.143. The summed E-state index contributed by atoms with van der Waals surface area (Å²) in [6.07, 6.45) is 2.02. The summed E-state index contributed by atoms with van der Waals surface area (Å²) in [6.45, 7) is 3.67. The van der Waals surface area contributed by atoms with Gasteiger partial charge >= 0.3 is 5.97 Å². The Morgan fingerprint density at radius 2 is 2.00 bits per heavy atom. The van der Waals surface area contributed by atoms with E-state index in [0.717, 1.165) is 31.5 Å². The van der Waals surface area contributed by atoms with Crippen LogP contribution >= 0.6 is 11.6 Å². The Balaban J connectivity index is 1.73. The van der Waals surface area contributed by atoms with Gasteiger partial charge in [0, 0.05) is 19.2 Å². The van der Waals surface area contributed by atoms with Crippen LogP contribution in [0, 0.1) is 11.7 Å². The van der Waals surface area contributed by atoms with E-state index >= 15 is 0 Å². The molecular formula is C20H24ClFN4O2. The summed E-state index contributed by atoms with van der Waals surface area (Å²) in [5.41, 5.74) is 6.66. The molecule has 0 saturated carbocycles. The largest absolute Gasteiger partial charge is 0.466 e. The Kier molecular flexibility index (Phi) is 6.67. The zero-order valence-electron chi connectivity index (χ0n) is 15.8. The standard InChI is InChI=1S/C20H24ClFN4O2/c1-2-28-19(27)11-16(13-3-5-15(22)6-4-13)14-7-9-26(10-8-14)18-12-17(21)24-20(23)25-18/h3-6,12,14,16H,2,7-11H2,1H3,(H2,23,24,25). The first-order valence-corrected chi connectivity index (χ1v) is 9.80. The van der Waals surface area contributed by atoms with Gasteiger partial charge in [-0.1, -0.05) is 23.7 Å². The van der Waals surface area contributed by atoms with Crippen LogP contribution in [0.1, 0.15) is 37.7 Å². The molecular weight excluding hydrogens is 383 g/mol. The average molecular weight is 407 g/mol. The number of anilines is 2. The Morgan fingerprint density at radius 1 is 1.32 bits per heavy atom. The van der Waals surface area contributed by atoms with Gasteiger partial charge in [-0.3, -0.25) is 4.79 Å². The van der Waals surface area contributed by atoms with Gasteiger partial charge in [-0.25, -0.2) is 9.37 Å². The monoisotopic (exact) mass is 406 g/mol. The molecule has 0 radical (unpaired) electrons. The normalized spacial score (nSPS) is 16.0. The third-order valence-corrected chi connectivity index (χ3v) is 5.31. The minimum absolute atomic E-state index is 0.0131. The number of hydrogen-bond donors (Lipinski definition) is 1. The molecule has 1 saturated heterocycles. The molecule has 28 heavy (non-hydrogen) atoms. The van der Waals surface area contributed by atoms with E-state index in [9.17, 15) is 9.18 Å². The summed E-state index contributed by atoms with van der Waals surface area (Å²) in [5.74, 6) is 0.610. The van der Waals surface area contributed by atoms with Gasteiger partial charge in [0.15, 0.2) is 0 Å². The number of aromatic nitrogens is 2. The molecule has 3 rings (SSSR count). The fourth-order valence-electron chi connectivity index (χ4n) is 3.78. The van der Waals surface area contributed by atoms with Gasteiger partial charge in [-0.05, 0) is 49.3 Å². The summed E-state index contributed by atoms with van der Waals surface area (Å²) in [7, 11) is 0. The zero-order valence-corrected chi connectivity index (χ0v) is 16.5. The van der Waals surface area contributed by atoms with Gasteiger partial charge in [0.25, 0.3) is 0 Å². The highest BCUT2D eigenvalue weighted by atomic mass is 35.5. The van der Waals surface area contributed by atoms with E-state index in [4.69, 9.17) is 22.1 Å². The molecule has 2 aromatic rings. The number of hydrogen-bond acceptors (Lipinski definition) is 6. The van der Waals surface area contributed by atoms with Crippen LogP contribution in [-0.2, 0) is 9.53 Å². The number of benzene rings is 1. The average Bonchev–Trinajstić information content (AvgIpc) is 2.67. The molecule has 1 fully saturated rings. The first kappa shape index (κ1) is 20.3. The van der Waals surface area contributed by atoms with E-state index in [2.05, 4.69) is 14.9 Å². The lowest BCUT2D eigenvalue weighted by Crippen LogP contribution is -2.36. The number of piperidine rings is 1. The molecule has 1 aliphatic heterocycles. The molecule has 6 nitrogen and oxygen atoms in total. The van der Waals surface area contributed by atoms with Crippen LogP contribution in [0.3, 0.4) is 0 Å². The van der Waals surface area contributed by atoms with Crippen molar-refractivity contribution in [3.8, 4) is 0 Å². The smallest absolute Gasteiger partial charge is 0.306 e. The second kappa shape index (κ2) is 9.19. The van der Waals surface area contributed by atoms with Crippen molar-refractivity contribution in [3.63, 3.8) is 0 Å². The van der Waals surface area contributed by atoms with Gasteiger partial charge in [-0.2, -0.15) is 4.98 Å². The van der Waals surface area contributed by atoms with Crippen molar-refractivity contribution < 1.29 is 13.9 Å². The van der Waals surface area contributed by atoms with Crippen LogP contribution in [-0.4, -0.2) is 35.6 Å². The molecule has 150 valence electrons. The molecule has 8 heteroatoms. The van der Waals surface area contributed by atoms with Crippen molar-refractivity contribution in [2.45, 2.75) is 32.1 Å². The minimum Gasteiger partial charge on any atom is -0.466 e. The second-order valence-corrected chi connectivity index (χ2v) is 7.29. The van der Waals surface area contributed by atoms with Gasteiger partial charge in [0.2, 0.25) is 5.95 Å². The zero-order chi connectivity index (χ0) is 20.1. The van der Waals surface area contributed by atoms with E-state index in [1.54, 1.807) is 25.1 Å². The third kappa shape index (κ3) is 5.10. The van der Waals surface area contributed by atoms with Crippen molar-refractivity contribution in [2.24, 2.45) is 5.92 Å². The number of rotatable bonds is 6. The highest BCUT2D eigenvalue weighted by molar-refractivity contribution is 6.29. The van der Waals surface area contributed by atoms with Crippen LogP contribution in [0.15, 0.2) is 30.3 Å². The highest BCUT2D eigenvalue weighted by Crippen LogP contribution is 2.36. The van der Waals surface area contributed by atoms with Crippen molar-refractivity contribution in [3.05, 3.63) is 46.9 Å². The fraction of sp³-hybridized carbons (Fsp3) is 0.450. The van der Waals surface area contributed by atoms with E-state index < -0.39 is 0 Å². The lowest BCUT2D eigenvalue weighted by atomic mass is 9.78. The van der Waals surface area contributed by atoms with Crippen LogP contribution in [0.25, 0.3) is 0 Å². The van der Waals surface area contributed by atoms with Gasteiger partial charge in [0.05, 0.1) is 13.0 Å². The molecule has 0 aliphatic carbocycles. The molecule has 1 aliphatic rings. The fourth-order valence-corrected chi connectivity index (χ4v) is 3.97. The lowest BCUT2D eigenvalue weighted by Gasteiger charge is -2.36. The topological polar surface area (TPSA) is 81.3 Å².